The van der Waals surface area contributed by atoms with Gasteiger partial charge in [-0.2, -0.15) is 0 Å². The van der Waals surface area contributed by atoms with Crippen LogP contribution in [-0.4, -0.2) is 23.3 Å². The number of aliphatic hydroxyl groups excluding tert-OH is 1. The normalized spacial score (nSPS) is 38.2. The Balaban J connectivity index is 1.46. The number of ether oxygens (including phenoxy) is 1. The molecule has 4 aliphatic rings. The van der Waals surface area contributed by atoms with Crippen molar-refractivity contribution in [3.05, 3.63) is 23.8 Å². The van der Waals surface area contributed by atoms with Crippen LogP contribution in [-0.2, 0) is 9.53 Å². The number of rotatable bonds is 13. The van der Waals surface area contributed by atoms with Crippen molar-refractivity contribution in [2.45, 2.75) is 157 Å². The molecule has 0 saturated heterocycles. The Morgan fingerprint density at radius 3 is 2.46 bits per heavy atom. The first-order valence-electron chi connectivity index (χ1n) is 17.8. The summed E-state index contributed by atoms with van der Waals surface area (Å²) in [6.45, 7) is 16.8. The van der Waals surface area contributed by atoms with Gasteiger partial charge >= 0.3 is 5.97 Å². The van der Waals surface area contributed by atoms with Crippen LogP contribution in [0.15, 0.2) is 23.8 Å². The number of carbonyl (C=O) groups is 1. The van der Waals surface area contributed by atoms with Gasteiger partial charge in [0.15, 0.2) is 0 Å². The molecule has 0 amide bonds. The predicted molar refractivity (Wildman–Crippen MR) is 171 cm³/mol. The monoisotopic (exact) mass is 568 g/mol. The Labute approximate surface area is 253 Å². The highest BCUT2D eigenvalue weighted by Crippen LogP contribution is 2.67. The van der Waals surface area contributed by atoms with E-state index in [-0.39, 0.29) is 17.5 Å². The first-order chi connectivity index (χ1) is 19.6. The van der Waals surface area contributed by atoms with Crippen LogP contribution in [0.2, 0.25) is 0 Å². The van der Waals surface area contributed by atoms with Gasteiger partial charge in [-0.3, -0.25) is 4.79 Å². The number of carbonyl (C=O) groups excluding carboxylic acids is 1. The molecule has 41 heavy (non-hydrogen) atoms. The summed E-state index contributed by atoms with van der Waals surface area (Å²) in [5.74, 6) is 4.69. The lowest BCUT2D eigenvalue weighted by Crippen LogP contribution is -2.56. The molecule has 0 aromatic heterocycles. The van der Waals surface area contributed by atoms with Crippen LogP contribution >= 0.6 is 0 Å². The van der Waals surface area contributed by atoms with E-state index in [0.29, 0.717) is 47.8 Å². The fourth-order valence-electron chi connectivity index (χ4n) is 10.3. The van der Waals surface area contributed by atoms with Gasteiger partial charge in [0.1, 0.15) is 6.10 Å². The molecule has 0 aromatic rings. The highest BCUT2D eigenvalue weighted by Gasteiger charge is 2.61. The minimum atomic E-state index is -0.396. The second-order valence-electron chi connectivity index (χ2n) is 15.5. The number of fused-ring (bicyclic) bond motifs is 5. The molecule has 234 valence electrons. The van der Waals surface area contributed by atoms with Gasteiger partial charge in [0.05, 0.1) is 6.10 Å². The zero-order chi connectivity index (χ0) is 29.8. The summed E-state index contributed by atoms with van der Waals surface area (Å²) in [5, 5.41) is 10.8. The molecular formula is C38H64O3. The number of hydrogen-bond acceptors (Lipinski definition) is 3. The molecule has 0 spiro atoms. The summed E-state index contributed by atoms with van der Waals surface area (Å²) < 4.78 is 6.34. The van der Waals surface area contributed by atoms with E-state index in [9.17, 15) is 9.90 Å². The molecular weight excluding hydrogens is 504 g/mol. The Morgan fingerprint density at radius 1 is 1.02 bits per heavy atom. The summed E-state index contributed by atoms with van der Waals surface area (Å²) in [7, 11) is 0. The van der Waals surface area contributed by atoms with E-state index >= 15 is 0 Å². The van der Waals surface area contributed by atoms with Crippen LogP contribution < -0.4 is 0 Å². The largest absolute Gasteiger partial charge is 0.461 e. The van der Waals surface area contributed by atoms with Gasteiger partial charge < -0.3 is 9.84 Å². The van der Waals surface area contributed by atoms with Crippen molar-refractivity contribution in [1.82, 2.24) is 0 Å². The van der Waals surface area contributed by atoms with E-state index in [1.165, 1.54) is 63.4 Å². The average Bonchev–Trinajstić information content (AvgIpc) is 3.28. The Morgan fingerprint density at radius 2 is 1.76 bits per heavy atom. The average molecular weight is 569 g/mol. The topological polar surface area (TPSA) is 46.5 Å². The van der Waals surface area contributed by atoms with E-state index < -0.39 is 6.10 Å². The smallest absolute Gasteiger partial charge is 0.306 e. The first-order valence-corrected chi connectivity index (χ1v) is 17.8. The molecule has 1 unspecified atom stereocenters. The van der Waals surface area contributed by atoms with Crippen LogP contribution in [0.3, 0.4) is 0 Å². The van der Waals surface area contributed by atoms with E-state index in [1.807, 2.05) is 0 Å². The van der Waals surface area contributed by atoms with E-state index in [4.69, 9.17) is 4.74 Å². The Bertz CT molecular complexity index is 918. The third-order valence-electron chi connectivity index (χ3n) is 12.9. The van der Waals surface area contributed by atoms with Crippen LogP contribution in [0.1, 0.15) is 145 Å². The number of esters is 1. The summed E-state index contributed by atoms with van der Waals surface area (Å²) in [6, 6.07) is 0. The predicted octanol–water partition coefficient (Wildman–Crippen LogP) is 10.1. The summed E-state index contributed by atoms with van der Waals surface area (Å²) in [4.78, 5) is 13.1. The second kappa shape index (κ2) is 14.1. The fraction of sp³-hybridized carbons (Fsp3) is 0.868. The van der Waals surface area contributed by atoms with E-state index in [1.54, 1.807) is 0 Å². The van der Waals surface area contributed by atoms with Crippen molar-refractivity contribution in [2.75, 3.05) is 0 Å². The number of unbranched alkanes of at least 4 members (excludes halogenated alkanes) is 5. The molecule has 4 aliphatic carbocycles. The third kappa shape index (κ3) is 6.86. The van der Waals surface area contributed by atoms with Crippen molar-refractivity contribution < 1.29 is 14.6 Å². The summed E-state index contributed by atoms with van der Waals surface area (Å²) >= 11 is 0. The first kappa shape index (κ1) is 32.8. The van der Waals surface area contributed by atoms with Crippen molar-refractivity contribution in [1.29, 1.82) is 0 Å². The minimum Gasteiger partial charge on any atom is -0.461 e. The SMILES string of the molecule is CCCCCCCCC(=O)OC1C[C@@H](O)CC2=CC[C@H]3[C@@H]4CC[C@H]([C@H](C)/C=C/[C@H](CC)C(C)C)[C@@]4(C)CC[C@@H]3[C@]21C. The summed E-state index contributed by atoms with van der Waals surface area (Å²) in [5.41, 5.74) is 1.64. The van der Waals surface area contributed by atoms with Crippen molar-refractivity contribution in [3.63, 3.8) is 0 Å². The van der Waals surface area contributed by atoms with Gasteiger partial charge in [-0.15, -0.1) is 0 Å². The molecule has 4 rings (SSSR count). The lowest BCUT2D eigenvalue weighted by molar-refractivity contribution is -0.169. The van der Waals surface area contributed by atoms with Gasteiger partial charge in [0.25, 0.3) is 0 Å². The molecule has 0 radical (unpaired) electrons. The standard InChI is InChI=1S/C38H64O3/c1-8-10-11-12-13-14-15-36(40)41-35-25-30(39)24-29-18-19-31-33-21-20-32(27(5)16-17-28(9-2)26(3)4)37(33,6)23-22-34(31)38(29,35)7/h16-18,26-28,30-35,39H,8-15,19-25H2,1-7H3/b17-16+/t27-,28+,30+,31+,32-,33+,34+,35?,37-,38+/m1/s1. The van der Waals surface area contributed by atoms with E-state index in [0.717, 1.165) is 37.5 Å². The van der Waals surface area contributed by atoms with Crippen molar-refractivity contribution in [3.8, 4) is 0 Å². The van der Waals surface area contributed by atoms with Gasteiger partial charge in [-0.25, -0.2) is 0 Å². The van der Waals surface area contributed by atoms with Crippen molar-refractivity contribution in [2.24, 2.45) is 52.3 Å². The lowest BCUT2D eigenvalue weighted by atomic mass is 9.46. The second-order valence-corrected chi connectivity index (χ2v) is 15.5. The van der Waals surface area contributed by atoms with E-state index in [2.05, 4.69) is 66.7 Å². The zero-order valence-corrected chi connectivity index (χ0v) is 27.8. The Kier molecular flexibility index (Phi) is 11.3. The maximum atomic E-state index is 13.1. The minimum absolute atomic E-state index is 0.0451. The van der Waals surface area contributed by atoms with Crippen molar-refractivity contribution >= 4 is 5.97 Å². The molecule has 0 heterocycles. The van der Waals surface area contributed by atoms with Gasteiger partial charge in [-0.1, -0.05) is 104 Å². The highest BCUT2D eigenvalue weighted by molar-refractivity contribution is 5.69. The Hall–Kier alpha value is -1.09. The molecule has 0 aliphatic heterocycles. The maximum absolute atomic E-state index is 13.1. The van der Waals surface area contributed by atoms with Crippen LogP contribution in [0.25, 0.3) is 0 Å². The molecule has 3 nitrogen and oxygen atoms in total. The lowest BCUT2D eigenvalue weighted by Gasteiger charge is -2.60. The van der Waals surface area contributed by atoms with Gasteiger partial charge in [-0.05, 0) is 98.2 Å². The molecule has 3 saturated carbocycles. The third-order valence-corrected chi connectivity index (χ3v) is 12.9. The fourth-order valence-corrected chi connectivity index (χ4v) is 10.3. The molecule has 3 heteroatoms. The molecule has 0 aromatic carbocycles. The van der Waals surface area contributed by atoms with Gasteiger partial charge in [0, 0.05) is 18.3 Å². The van der Waals surface area contributed by atoms with Crippen LogP contribution in [0.5, 0.6) is 0 Å². The maximum Gasteiger partial charge on any atom is 0.306 e. The number of allylic oxidation sites excluding steroid dienone is 3. The van der Waals surface area contributed by atoms with Gasteiger partial charge in [0.2, 0.25) is 0 Å². The highest BCUT2D eigenvalue weighted by atomic mass is 16.5. The zero-order valence-electron chi connectivity index (χ0n) is 27.8. The van der Waals surface area contributed by atoms with Crippen LogP contribution in [0.4, 0.5) is 0 Å². The summed E-state index contributed by atoms with van der Waals surface area (Å²) in [6.07, 6.45) is 23.5. The quantitative estimate of drug-likeness (QED) is 0.137. The molecule has 3 fully saturated rings. The molecule has 1 N–H and O–H groups in total. The van der Waals surface area contributed by atoms with Crippen LogP contribution in [0, 0.1) is 52.3 Å². The number of hydrogen-bond donors (Lipinski definition) is 1. The molecule has 0 bridgehead atoms. The molecule has 10 atom stereocenters. The number of aliphatic hydroxyl groups is 1.